The largest absolute Gasteiger partial charge is 0.352 e. The third-order valence-electron chi connectivity index (χ3n) is 5.52. The van der Waals surface area contributed by atoms with E-state index in [1.54, 1.807) is 4.90 Å². The van der Waals surface area contributed by atoms with Crippen molar-refractivity contribution in [3.63, 3.8) is 0 Å². The Balaban J connectivity index is 2.15. The number of rotatable bonds is 9. The van der Waals surface area contributed by atoms with Crippen LogP contribution < -0.4 is 5.32 Å². The Kier molecular flexibility index (Phi) is 8.44. The molecule has 2 aromatic carbocycles. The molecule has 0 aliphatic carbocycles. The number of hydrogen-bond donors (Lipinski definition) is 1. The van der Waals surface area contributed by atoms with Crippen LogP contribution in [0.25, 0.3) is 0 Å². The highest BCUT2D eigenvalue weighted by molar-refractivity contribution is 5.87. The molecule has 1 N–H and O–H groups in total. The van der Waals surface area contributed by atoms with Gasteiger partial charge in [0.15, 0.2) is 0 Å². The Morgan fingerprint density at radius 1 is 1.00 bits per heavy atom. The lowest BCUT2D eigenvalue weighted by Gasteiger charge is -2.30. The van der Waals surface area contributed by atoms with Gasteiger partial charge in [0.2, 0.25) is 11.8 Å². The molecular formula is C25H34N2O2. The standard InChI is InChI=1S/C25H34N2O2/c1-6-20(4)26-25(29)21(5)27(17-23-10-8-7-9-19(23)3)24(28)16-15-22-13-11-18(2)12-14-22/h7-14,20-21H,6,15-17H2,1-5H3,(H,26,29)/t20-,21-/m0/s1. The van der Waals surface area contributed by atoms with Gasteiger partial charge in [-0.25, -0.2) is 0 Å². The minimum absolute atomic E-state index is 0.000583. The average Bonchev–Trinajstić information content (AvgIpc) is 2.71. The smallest absolute Gasteiger partial charge is 0.242 e. The lowest BCUT2D eigenvalue weighted by Crippen LogP contribution is -2.49. The first-order valence-electron chi connectivity index (χ1n) is 10.5. The fourth-order valence-electron chi connectivity index (χ4n) is 3.17. The van der Waals surface area contributed by atoms with E-state index < -0.39 is 6.04 Å². The normalized spacial score (nSPS) is 12.9. The van der Waals surface area contributed by atoms with Crippen molar-refractivity contribution in [1.29, 1.82) is 0 Å². The SMILES string of the molecule is CC[C@H](C)NC(=O)[C@H](C)N(Cc1ccccc1C)C(=O)CCc1ccc(C)cc1. The fourth-order valence-corrected chi connectivity index (χ4v) is 3.17. The van der Waals surface area contributed by atoms with E-state index in [1.165, 1.54) is 5.56 Å². The summed E-state index contributed by atoms with van der Waals surface area (Å²) < 4.78 is 0. The van der Waals surface area contributed by atoms with Gasteiger partial charge in [0.25, 0.3) is 0 Å². The number of amides is 2. The lowest BCUT2D eigenvalue weighted by atomic mass is 10.0. The number of aryl methyl sites for hydroxylation is 3. The van der Waals surface area contributed by atoms with E-state index >= 15 is 0 Å². The van der Waals surface area contributed by atoms with Crippen LogP contribution in [0.15, 0.2) is 48.5 Å². The highest BCUT2D eigenvalue weighted by Crippen LogP contribution is 2.16. The summed E-state index contributed by atoms with van der Waals surface area (Å²) in [6, 6.07) is 15.8. The molecule has 2 atom stereocenters. The summed E-state index contributed by atoms with van der Waals surface area (Å²) in [5.74, 6) is -0.0998. The minimum Gasteiger partial charge on any atom is -0.352 e. The molecule has 156 valence electrons. The van der Waals surface area contributed by atoms with Gasteiger partial charge in [0.05, 0.1) is 0 Å². The predicted molar refractivity (Wildman–Crippen MR) is 119 cm³/mol. The molecule has 0 aromatic heterocycles. The first-order valence-corrected chi connectivity index (χ1v) is 10.5. The Bertz CT molecular complexity index is 814. The van der Waals surface area contributed by atoms with Crippen molar-refractivity contribution in [2.24, 2.45) is 0 Å². The van der Waals surface area contributed by atoms with Crippen molar-refractivity contribution >= 4 is 11.8 Å². The van der Waals surface area contributed by atoms with Crippen LogP contribution in [-0.4, -0.2) is 28.8 Å². The zero-order chi connectivity index (χ0) is 21.4. The van der Waals surface area contributed by atoms with Crippen molar-refractivity contribution < 1.29 is 9.59 Å². The molecule has 0 radical (unpaired) electrons. The second-order valence-electron chi connectivity index (χ2n) is 7.93. The fraction of sp³-hybridized carbons (Fsp3) is 0.440. The van der Waals surface area contributed by atoms with E-state index in [0.717, 1.165) is 23.1 Å². The topological polar surface area (TPSA) is 49.4 Å². The van der Waals surface area contributed by atoms with Crippen LogP contribution in [0.3, 0.4) is 0 Å². The Morgan fingerprint density at radius 3 is 2.28 bits per heavy atom. The summed E-state index contributed by atoms with van der Waals surface area (Å²) in [7, 11) is 0. The molecule has 2 rings (SSSR count). The highest BCUT2D eigenvalue weighted by atomic mass is 16.2. The Hall–Kier alpha value is -2.62. The van der Waals surface area contributed by atoms with Gasteiger partial charge in [-0.2, -0.15) is 0 Å². The molecule has 0 heterocycles. The molecule has 0 saturated heterocycles. The van der Waals surface area contributed by atoms with Crippen LogP contribution in [0.2, 0.25) is 0 Å². The summed E-state index contributed by atoms with van der Waals surface area (Å²) in [5, 5.41) is 3.01. The molecule has 0 saturated carbocycles. The zero-order valence-electron chi connectivity index (χ0n) is 18.4. The van der Waals surface area contributed by atoms with Gasteiger partial charge < -0.3 is 10.2 Å². The van der Waals surface area contributed by atoms with E-state index in [0.29, 0.717) is 19.4 Å². The second kappa shape index (κ2) is 10.8. The molecule has 0 spiro atoms. The summed E-state index contributed by atoms with van der Waals surface area (Å²) >= 11 is 0. The monoisotopic (exact) mass is 394 g/mol. The average molecular weight is 395 g/mol. The van der Waals surface area contributed by atoms with Crippen molar-refractivity contribution in [2.75, 3.05) is 0 Å². The van der Waals surface area contributed by atoms with Crippen molar-refractivity contribution in [3.8, 4) is 0 Å². The predicted octanol–water partition coefficient (Wildman–Crippen LogP) is 4.57. The number of hydrogen-bond acceptors (Lipinski definition) is 2. The van der Waals surface area contributed by atoms with Crippen LogP contribution in [-0.2, 0) is 22.6 Å². The van der Waals surface area contributed by atoms with Crippen LogP contribution in [0.5, 0.6) is 0 Å². The second-order valence-corrected chi connectivity index (χ2v) is 7.93. The number of nitrogens with zero attached hydrogens (tertiary/aromatic N) is 1. The van der Waals surface area contributed by atoms with Gasteiger partial charge in [0, 0.05) is 19.0 Å². The molecule has 29 heavy (non-hydrogen) atoms. The maximum absolute atomic E-state index is 13.1. The molecule has 0 fully saturated rings. The van der Waals surface area contributed by atoms with E-state index in [4.69, 9.17) is 0 Å². The van der Waals surface area contributed by atoms with Gasteiger partial charge in [-0.1, -0.05) is 61.0 Å². The number of carbonyl (C=O) groups is 2. The van der Waals surface area contributed by atoms with Gasteiger partial charge in [-0.15, -0.1) is 0 Å². The molecule has 4 nitrogen and oxygen atoms in total. The highest BCUT2D eigenvalue weighted by Gasteiger charge is 2.26. The quantitative estimate of drug-likeness (QED) is 0.677. The van der Waals surface area contributed by atoms with Crippen molar-refractivity contribution in [1.82, 2.24) is 10.2 Å². The third kappa shape index (κ3) is 6.74. The van der Waals surface area contributed by atoms with E-state index in [-0.39, 0.29) is 17.9 Å². The van der Waals surface area contributed by atoms with E-state index in [9.17, 15) is 9.59 Å². The maximum atomic E-state index is 13.1. The minimum atomic E-state index is -0.519. The van der Waals surface area contributed by atoms with Crippen LogP contribution in [0.4, 0.5) is 0 Å². The van der Waals surface area contributed by atoms with Crippen LogP contribution in [0, 0.1) is 13.8 Å². The van der Waals surface area contributed by atoms with Crippen molar-refractivity contribution in [3.05, 3.63) is 70.8 Å². The molecule has 0 unspecified atom stereocenters. The molecule has 0 aliphatic rings. The Labute approximate surface area is 175 Å². The summed E-state index contributed by atoms with van der Waals surface area (Å²) in [6.45, 7) is 10.4. The maximum Gasteiger partial charge on any atom is 0.242 e. The van der Waals surface area contributed by atoms with Gasteiger partial charge in [0.1, 0.15) is 6.04 Å². The number of nitrogens with one attached hydrogen (secondary N) is 1. The number of carbonyl (C=O) groups excluding carboxylic acids is 2. The Morgan fingerprint density at radius 2 is 1.66 bits per heavy atom. The van der Waals surface area contributed by atoms with Gasteiger partial charge in [-0.05, 0) is 57.2 Å². The number of benzene rings is 2. The third-order valence-corrected chi connectivity index (χ3v) is 5.52. The first kappa shape index (κ1) is 22.7. The zero-order valence-corrected chi connectivity index (χ0v) is 18.4. The lowest BCUT2D eigenvalue weighted by molar-refractivity contribution is -0.140. The van der Waals surface area contributed by atoms with E-state index in [1.807, 2.05) is 52.0 Å². The summed E-state index contributed by atoms with van der Waals surface area (Å²) in [4.78, 5) is 27.6. The van der Waals surface area contributed by atoms with E-state index in [2.05, 4.69) is 36.5 Å². The first-order chi connectivity index (χ1) is 13.8. The van der Waals surface area contributed by atoms with Gasteiger partial charge >= 0.3 is 0 Å². The van der Waals surface area contributed by atoms with Crippen LogP contribution in [0.1, 0.15) is 55.9 Å². The molecule has 0 bridgehead atoms. The van der Waals surface area contributed by atoms with Crippen molar-refractivity contribution in [2.45, 2.75) is 72.5 Å². The van der Waals surface area contributed by atoms with Gasteiger partial charge in [-0.3, -0.25) is 9.59 Å². The van der Waals surface area contributed by atoms with Crippen LogP contribution >= 0.6 is 0 Å². The molecule has 2 amide bonds. The molecular weight excluding hydrogens is 360 g/mol. The molecule has 4 heteroatoms. The molecule has 2 aromatic rings. The molecule has 0 aliphatic heterocycles. The summed E-state index contributed by atoms with van der Waals surface area (Å²) in [5.41, 5.74) is 4.53. The summed E-state index contributed by atoms with van der Waals surface area (Å²) in [6.07, 6.45) is 1.91.